The van der Waals surface area contributed by atoms with Crippen LogP contribution in [0, 0.1) is 28.9 Å². The lowest BCUT2D eigenvalue weighted by molar-refractivity contribution is -0.161. The summed E-state index contributed by atoms with van der Waals surface area (Å²) in [4.78, 5) is 197. The number of ether oxygens (including phenoxy) is 1. The average Bonchev–Trinajstić information content (AvgIpc) is 1.27. The molecule has 3 N–H and O–H groups in total. The van der Waals surface area contributed by atoms with Gasteiger partial charge in [-0.3, -0.25) is 57.5 Å². The first-order valence-electron chi connectivity index (χ1n) is 39.6. The molecule has 0 unspecified atom stereocenters. The van der Waals surface area contributed by atoms with Crippen molar-refractivity contribution in [2.75, 3.05) is 81.1 Å². The largest absolute Gasteiger partial charge is 0.422 e. The number of rotatable bonds is 10. The number of halogens is 5. The maximum atomic E-state index is 15.9. The molecular weight excluding hydrogens is 1440 g/mol. The van der Waals surface area contributed by atoms with Gasteiger partial charge in [-0.05, 0) is 149 Å². The van der Waals surface area contributed by atoms with Crippen LogP contribution in [0.2, 0.25) is 0 Å². The third-order valence-corrected chi connectivity index (χ3v) is 24.0. The van der Waals surface area contributed by atoms with Crippen molar-refractivity contribution in [3.05, 3.63) is 88.5 Å². The van der Waals surface area contributed by atoms with Crippen LogP contribution in [0.4, 0.5) is 22.0 Å². The van der Waals surface area contributed by atoms with Crippen LogP contribution in [-0.4, -0.2) is 262 Å². The highest BCUT2D eigenvalue weighted by Gasteiger charge is 2.59. The van der Waals surface area contributed by atoms with E-state index in [2.05, 4.69) is 16.0 Å². The van der Waals surface area contributed by atoms with Crippen LogP contribution in [0.3, 0.4) is 0 Å². The molecule has 1 spiro atoms. The Hall–Kier alpha value is -8.83. The molecule has 111 heavy (non-hydrogen) atoms. The first kappa shape index (κ1) is 84.6. The van der Waals surface area contributed by atoms with Crippen molar-refractivity contribution in [3.8, 4) is 0 Å². The molecule has 10 atom stereocenters. The van der Waals surface area contributed by atoms with Crippen molar-refractivity contribution in [2.24, 2.45) is 17.3 Å². The summed E-state index contributed by atoms with van der Waals surface area (Å²) in [5, 5.41) is 8.72. The molecule has 3 saturated carbocycles. The van der Waals surface area contributed by atoms with Crippen molar-refractivity contribution in [3.63, 3.8) is 0 Å². The lowest BCUT2D eigenvalue weighted by Gasteiger charge is -2.54. The van der Waals surface area contributed by atoms with Gasteiger partial charge in [0.1, 0.15) is 77.6 Å². The van der Waals surface area contributed by atoms with Crippen molar-refractivity contribution >= 4 is 77.0 Å². The fourth-order valence-electron chi connectivity index (χ4n) is 17.6. The molecule has 12 rings (SSSR count). The van der Waals surface area contributed by atoms with E-state index >= 15 is 61.5 Å². The van der Waals surface area contributed by atoms with Crippen molar-refractivity contribution in [2.45, 2.75) is 242 Å². The van der Waals surface area contributed by atoms with Crippen LogP contribution in [-0.2, 0) is 81.3 Å². The summed E-state index contributed by atoms with van der Waals surface area (Å²) in [6.07, 6.45) is 5.28. The molecule has 12 amide bonds. The normalized spacial score (nSPS) is 28.1. The molecule has 7 aliphatic heterocycles. The third kappa shape index (κ3) is 19.6. The average molecular weight is 1560 g/mol. The molecule has 608 valence electrons. The second kappa shape index (κ2) is 35.9. The topological polar surface area (TPSA) is 279 Å². The van der Waals surface area contributed by atoms with E-state index in [1.54, 1.807) is 49.1 Å². The SMILES string of the molecule is CCO[C@@H]1C[C@H]2C(=O)NC3(CC(C)(C)C3)C(=O)N(C)[C@@H](C3CCCC3)C(=O)N(C)[C@H](C(=O)N3CCCC3)CC(=O)N(C)[C@H]3CCCC=Cc4ccc(cc4)C[C@H](C(=O)N(C)CC(=O)N[C@@H](CCc4cc(F)c(C(F)(F)F)c(F)c4)C(=O)N2C1)N1CC/C=C\C[C@@H](C1=O)N(C)C(=O)CN(C1CC1)C(=O)[C@H]([C@@H](C)CC)NC3=O. The number of benzene rings is 2. The molecule has 10 aliphatic rings. The van der Waals surface area contributed by atoms with Gasteiger partial charge in [-0.2, -0.15) is 13.2 Å². The zero-order chi connectivity index (χ0) is 80.7. The number of likely N-dealkylation sites (N-methyl/N-ethyl adjacent to an activating group) is 5. The molecule has 2 aromatic carbocycles. The Labute approximate surface area is 647 Å². The second-order valence-electron chi connectivity index (χ2n) is 32.7. The number of allylic oxidation sites excluding steroid dienone is 1. The minimum Gasteiger partial charge on any atom is -0.377 e. The standard InChI is InChI=1S/C81H111F5N12O13/c1-11-49(3)68-76(108)97(54-33-34-54)46-66(101)92(8)60-27-17-14-20-38-96(75(60)107)63-41-51-30-28-50(29-31-51)23-15-13-16-26-59(70(102)88-68)91(7)65(100)43-62(74(106)95-36-21-22-37-95)93(9)77(109)69(53-24-18-19-25-53)94(10)78(110)80(47-79(4,5)48-80)89-71(103)61-42-55(111-12-2)44-98(61)72(104)58(87-64(99)45-90(6)73(63)105)35-32-52-39-56(82)67(57(83)40-52)81(84,85)86/h14-15,17,23,28-31,39-40,49,53-55,58-63,68-69H,11-13,16,18-22,24-27,32-38,41-48H2,1-10H3,(H,87,99)(H,88,102)(H,89,103)/b17-14-,23-15?/t49-,55+,58-,59-,60-,61-,62-,63+,68-,69-/m0/s1. The summed E-state index contributed by atoms with van der Waals surface area (Å²) in [5.74, 6) is -13.4. The summed E-state index contributed by atoms with van der Waals surface area (Å²) in [6.45, 7) is 8.23. The van der Waals surface area contributed by atoms with E-state index in [-0.39, 0.29) is 70.2 Å². The number of alkyl halides is 3. The number of carbonyl (C=O) groups excluding carboxylic acids is 12. The van der Waals surface area contributed by atoms with Crippen LogP contribution in [0.1, 0.15) is 179 Å². The number of likely N-dealkylation sites (tertiary alicyclic amines) is 1. The molecule has 7 heterocycles. The Kier molecular flexibility index (Phi) is 27.4. The maximum absolute atomic E-state index is 15.9. The minimum absolute atomic E-state index is 0.0183. The number of fused-ring (bicyclic) bond motifs is 22. The summed E-state index contributed by atoms with van der Waals surface area (Å²) in [6, 6.07) is -3.38. The fraction of sp³-hybridized carbons (Fsp3) is 0.654. The molecular formula is C81H111F5N12O13. The van der Waals surface area contributed by atoms with Gasteiger partial charge >= 0.3 is 6.18 Å². The Balaban J connectivity index is 1.10. The van der Waals surface area contributed by atoms with Crippen LogP contribution in [0.15, 0.2) is 54.6 Å². The number of carbonyl (C=O) groups is 12. The third-order valence-electron chi connectivity index (χ3n) is 24.0. The highest BCUT2D eigenvalue weighted by atomic mass is 19.4. The summed E-state index contributed by atoms with van der Waals surface area (Å²) in [5.41, 5.74) is -3.51. The summed E-state index contributed by atoms with van der Waals surface area (Å²) in [7, 11) is 7.07. The van der Waals surface area contributed by atoms with Gasteiger partial charge in [-0.1, -0.05) is 95.5 Å². The van der Waals surface area contributed by atoms with E-state index in [0.29, 0.717) is 101 Å². The molecule has 5 fully saturated rings. The molecule has 3 aliphatic carbocycles. The number of amides is 12. The molecule has 30 heteroatoms. The van der Waals surface area contributed by atoms with Crippen LogP contribution < -0.4 is 16.0 Å². The molecule has 25 nitrogen and oxygen atoms in total. The fourth-order valence-corrected chi connectivity index (χ4v) is 17.6. The first-order chi connectivity index (χ1) is 52.6. The van der Waals surface area contributed by atoms with Gasteiger partial charge in [-0.15, -0.1) is 0 Å². The van der Waals surface area contributed by atoms with E-state index in [4.69, 9.17) is 4.74 Å². The molecule has 2 aromatic rings. The quantitative estimate of drug-likeness (QED) is 0.129. The number of aryl methyl sites for hydroxylation is 1. The zero-order valence-electron chi connectivity index (χ0n) is 65.7. The second-order valence-corrected chi connectivity index (χ2v) is 32.7. The Morgan fingerprint density at radius 1 is 0.640 bits per heavy atom. The minimum atomic E-state index is -5.42. The molecule has 0 radical (unpaired) electrons. The molecule has 6 bridgehead atoms. The van der Waals surface area contributed by atoms with Gasteiger partial charge in [0.2, 0.25) is 70.9 Å². The number of hydrogen-bond acceptors (Lipinski definition) is 13. The molecule has 2 saturated heterocycles. The number of hydrogen-bond donors (Lipinski definition) is 3. The monoisotopic (exact) mass is 1550 g/mol. The van der Waals surface area contributed by atoms with Gasteiger partial charge in [0.25, 0.3) is 0 Å². The Morgan fingerprint density at radius 3 is 1.92 bits per heavy atom. The number of nitrogens with zero attached hydrogens (tertiary/aromatic N) is 9. The van der Waals surface area contributed by atoms with E-state index < -0.39 is 210 Å². The van der Waals surface area contributed by atoms with E-state index in [0.717, 1.165) is 15.4 Å². The van der Waals surface area contributed by atoms with Gasteiger partial charge in [-0.25, -0.2) is 8.78 Å². The van der Waals surface area contributed by atoms with Gasteiger partial charge in [0.15, 0.2) is 0 Å². The first-order valence-corrected chi connectivity index (χ1v) is 39.6. The van der Waals surface area contributed by atoms with Crippen molar-refractivity contribution in [1.82, 2.24) is 60.0 Å². The highest BCUT2D eigenvalue weighted by Crippen LogP contribution is 2.50. The maximum Gasteiger partial charge on any atom is 0.422 e. The summed E-state index contributed by atoms with van der Waals surface area (Å²) >= 11 is 0. The zero-order valence-corrected chi connectivity index (χ0v) is 65.7. The Morgan fingerprint density at radius 2 is 1.30 bits per heavy atom. The van der Waals surface area contributed by atoms with Crippen molar-refractivity contribution < 1.29 is 84.2 Å². The van der Waals surface area contributed by atoms with Crippen LogP contribution in [0.5, 0.6) is 0 Å². The van der Waals surface area contributed by atoms with Crippen LogP contribution >= 0.6 is 0 Å². The number of nitrogens with one attached hydrogen (secondary N) is 3. The van der Waals surface area contributed by atoms with E-state index in [9.17, 15) is 18.0 Å². The van der Waals surface area contributed by atoms with Crippen molar-refractivity contribution in [1.29, 1.82) is 0 Å². The van der Waals surface area contributed by atoms with Crippen LogP contribution in [0.25, 0.3) is 6.08 Å². The highest BCUT2D eigenvalue weighted by molar-refractivity contribution is 6.01. The summed E-state index contributed by atoms with van der Waals surface area (Å²) < 4.78 is 78.5. The lowest BCUT2D eigenvalue weighted by atomic mass is 9.58. The predicted octanol–water partition coefficient (Wildman–Crippen LogP) is 6.57. The molecule has 0 aromatic heterocycles. The predicted molar refractivity (Wildman–Crippen MR) is 400 cm³/mol. The van der Waals surface area contributed by atoms with E-state index in [1.165, 1.54) is 64.6 Å². The lowest BCUT2D eigenvalue weighted by Crippen LogP contribution is -2.71. The Bertz CT molecular complexity index is 3850. The van der Waals surface area contributed by atoms with Gasteiger partial charge in [0, 0.05) is 86.9 Å². The van der Waals surface area contributed by atoms with Gasteiger partial charge < -0.3 is 64.8 Å². The van der Waals surface area contributed by atoms with Gasteiger partial charge in [0.05, 0.1) is 19.1 Å². The smallest absolute Gasteiger partial charge is 0.377 e. The van der Waals surface area contributed by atoms with E-state index in [1.807, 2.05) is 39.0 Å².